The molecule has 116 valence electrons. The Kier molecular flexibility index (Phi) is 3.55. The highest BCUT2D eigenvalue weighted by Gasteiger charge is 2.59. The molecule has 0 spiro atoms. The van der Waals surface area contributed by atoms with Gasteiger partial charge in [-0.05, 0) is 54.2 Å². The average molecular weight is 351 g/mol. The predicted molar refractivity (Wildman–Crippen MR) is 95.1 cm³/mol. The Morgan fingerprint density at radius 2 is 1.95 bits per heavy atom. The molecule has 3 heteroatoms. The Bertz CT molecular complexity index is 547. The largest absolute Gasteiger partial charge is 0.380 e. The number of anilines is 2. The summed E-state index contributed by atoms with van der Waals surface area (Å²) in [6, 6.07) is 7.08. The van der Waals surface area contributed by atoms with Crippen LogP contribution >= 0.6 is 15.9 Å². The summed E-state index contributed by atoms with van der Waals surface area (Å²) in [5.74, 6) is 0.870. The molecule has 0 aliphatic heterocycles. The molecular formula is C18H27BrN2. The van der Waals surface area contributed by atoms with Crippen LogP contribution in [0, 0.1) is 16.7 Å². The van der Waals surface area contributed by atoms with Gasteiger partial charge in [0.25, 0.3) is 0 Å². The minimum Gasteiger partial charge on any atom is -0.380 e. The Hall–Kier alpha value is -0.700. The average Bonchev–Trinajstić information content (AvgIpc) is 2.85. The molecule has 3 rings (SSSR count). The van der Waals surface area contributed by atoms with E-state index >= 15 is 0 Å². The molecule has 1 aromatic carbocycles. The molecule has 0 aromatic heterocycles. The van der Waals surface area contributed by atoms with Crippen LogP contribution in [0.15, 0.2) is 22.7 Å². The van der Waals surface area contributed by atoms with Crippen LogP contribution < -0.4 is 10.2 Å². The van der Waals surface area contributed by atoms with Gasteiger partial charge >= 0.3 is 0 Å². The maximum atomic E-state index is 3.92. The van der Waals surface area contributed by atoms with E-state index in [4.69, 9.17) is 0 Å². The highest BCUT2D eigenvalue weighted by atomic mass is 79.9. The molecule has 3 atom stereocenters. The molecular weight excluding hydrogens is 324 g/mol. The first kappa shape index (κ1) is 15.2. The summed E-state index contributed by atoms with van der Waals surface area (Å²) < 4.78 is 1.14. The van der Waals surface area contributed by atoms with Crippen molar-refractivity contribution in [3.63, 3.8) is 0 Å². The fraction of sp³-hybridized carbons (Fsp3) is 0.667. The van der Waals surface area contributed by atoms with Crippen LogP contribution in [0.1, 0.15) is 40.0 Å². The van der Waals surface area contributed by atoms with Crippen LogP contribution in [-0.4, -0.2) is 20.1 Å². The fourth-order valence-electron chi connectivity index (χ4n) is 4.83. The first-order chi connectivity index (χ1) is 9.74. The third-order valence-corrected chi connectivity index (χ3v) is 6.50. The van der Waals surface area contributed by atoms with E-state index in [1.54, 1.807) is 0 Å². The van der Waals surface area contributed by atoms with Gasteiger partial charge in [0, 0.05) is 24.6 Å². The number of fused-ring (bicyclic) bond motifs is 2. The first-order valence-electron chi connectivity index (χ1n) is 7.97. The number of hydrogen-bond donors (Lipinski definition) is 1. The third-order valence-electron chi connectivity index (χ3n) is 6.01. The molecule has 0 heterocycles. The summed E-state index contributed by atoms with van der Waals surface area (Å²) in [5, 5.41) is 3.92. The van der Waals surface area contributed by atoms with Crippen LogP contribution in [0.5, 0.6) is 0 Å². The van der Waals surface area contributed by atoms with Crippen molar-refractivity contribution in [2.24, 2.45) is 16.7 Å². The second-order valence-corrected chi connectivity index (χ2v) is 8.96. The molecule has 2 nitrogen and oxygen atoms in total. The molecule has 1 aromatic rings. The van der Waals surface area contributed by atoms with Crippen molar-refractivity contribution in [3.05, 3.63) is 22.7 Å². The molecule has 2 aliphatic rings. The van der Waals surface area contributed by atoms with Gasteiger partial charge in [0.05, 0.1) is 11.4 Å². The van der Waals surface area contributed by atoms with Gasteiger partial charge in [-0.3, -0.25) is 0 Å². The number of rotatable bonds is 3. The van der Waals surface area contributed by atoms with Gasteiger partial charge in [0.2, 0.25) is 0 Å². The molecule has 1 N–H and O–H groups in total. The molecule has 2 aliphatic carbocycles. The van der Waals surface area contributed by atoms with Crippen molar-refractivity contribution in [2.75, 3.05) is 24.3 Å². The lowest BCUT2D eigenvalue weighted by Crippen LogP contribution is -2.46. The topological polar surface area (TPSA) is 15.3 Å². The van der Waals surface area contributed by atoms with E-state index in [9.17, 15) is 0 Å². The molecule has 2 fully saturated rings. The molecule has 0 radical (unpaired) electrons. The zero-order valence-electron chi connectivity index (χ0n) is 13.8. The maximum Gasteiger partial charge on any atom is 0.0597 e. The van der Waals surface area contributed by atoms with Crippen molar-refractivity contribution >= 4 is 27.3 Å². The zero-order valence-corrected chi connectivity index (χ0v) is 15.4. The zero-order chi connectivity index (χ0) is 15.4. The highest BCUT2D eigenvalue weighted by molar-refractivity contribution is 9.10. The van der Waals surface area contributed by atoms with E-state index in [-0.39, 0.29) is 0 Å². The van der Waals surface area contributed by atoms with Crippen molar-refractivity contribution in [2.45, 2.75) is 46.1 Å². The minimum atomic E-state index is 0.374. The quantitative estimate of drug-likeness (QED) is 0.811. The summed E-state index contributed by atoms with van der Waals surface area (Å²) >= 11 is 3.62. The smallest absolute Gasteiger partial charge is 0.0597 e. The third kappa shape index (κ3) is 2.38. The van der Waals surface area contributed by atoms with E-state index in [1.807, 2.05) is 0 Å². The summed E-state index contributed by atoms with van der Waals surface area (Å²) in [6.45, 7) is 7.38. The van der Waals surface area contributed by atoms with Crippen LogP contribution in [0.25, 0.3) is 0 Å². The molecule has 3 unspecified atom stereocenters. The molecule has 2 bridgehead atoms. The number of halogens is 1. The highest BCUT2D eigenvalue weighted by Crippen LogP contribution is 2.63. The second kappa shape index (κ2) is 4.91. The van der Waals surface area contributed by atoms with E-state index in [0.29, 0.717) is 16.9 Å². The van der Waals surface area contributed by atoms with Gasteiger partial charge in [-0.15, -0.1) is 0 Å². The lowest BCUT2D eigenvalue weighted by Gasteiger charge is -2.44. The van der Waals surface area contributed by atoms with Crippen molar-refractivity contribution in [3.8, 4) is 0 Å². The van der Waals surface area contributed by atoms with E-state index in [0.717, 1.165) is 10.4 Å². The molecule has 21 heavy (non-hydrogen) atoms. The molecule has 0 amide bonds. The van der Waals surface area contributed by atoms with Crippen LogP contribution in [0.4, 0.5) is 11.4 Å². The Morgan fingerprint density at radius 3 is 2.52 bits per heavy atom. The van der Waals surface area contributed by atoms with Crippen LogP contribution in [-0.2, 0) is 0 Å². The van der Waals surface area contributed by atoms with Crippen LogP contribution in [0.3, 0.4) is 0 Å². The normalized spacial score (nSPS) is 33.2. The van der Waals surface area contributed by atoms with Gasteiger partial charge in [0.1, 0.15) is 0 Å². The summed E-state index contributed by atoms with van der Waals surface area (Å²) in [4.78, 5) is 2.19. The minimum absolute atomic E-state index is 0.374. The number of benzene rings is 1. The number of nitrogens with zero attached hydrogens (tertiary/aromatic N) is 1. The predicted octanol–water partition coefficient (Wildman–Crippen LogP) is 5.14. The van der Waals surface area contributed by atoms with Crippen molar-refractivity contribution in [1.82, 2.24) is 0 Å². The molecule has 0 saturated heterocycles. The summed E-state index contributed by atoms with van der Waals surface area (Å²) in [5.41, 5.74) is 3.33. The van der Waals surface area contributed by atoms with Gasteiger partial charge in [-0.25, -0.2) is 0 Å². The molecule has 2 saturated carbocycles. The van der Waals surface area contributed by atoms with Crippen LogP contribution in [0.2, 0.25) is 0 Å². The Labute approximate surface area is 137 Å². The van der Waals surface area contributed by atoms with Gasteiger partial charge in [-0.2, -0.15) is 0 Å². The Morgan fingerprint density at radius 1 is 1.24 bits per heavy atom. The maximum absolute atomic E-state index is 3.92. The number of nitrogens with one attached hydrogen (secondary N) is 1. The van der Waals surface area contributed by atoms with Gasteiger partial charge in [0.15, 0.2) is 0 Å². The summed E-state index contributed by atoms with van der Waals surface area (Å²) in [7, 11) is 4.23. The Balaban J connectivity index is 1.95. The lowest BCUT2D eigenvalue weighted by atomic mass is 9.68. The standard InChI is InChI=1S/C18H27BrN2/c1-17(2)12-8-9-18(3,11-12)16(17)20-14-10-13(19)6-7-15(14)21(4)5/h6-7,10,12,16,20H,8-9,11H2,1-5H3. The first-order valence-corrected chi connectivity index (χ1v) is 8.77. The SMILES string of the molecule is CN(C)c1ccc(Br)cc1NC1C2(C)CCC(C2)C1(C)C. The van der Waals surface area contributed by atoms with Crippen molar-refractivity contribution in [1.29, 1.82) is 0 Å². The van der Waals surface area contributed by atoms with Gasteiger partial charge in [-0.1, -0.05) is 36.7 Å². The second-order valence-electron chi connectivity index (χ2n) is 8.05. The monoisotopic (exact) mass is 350 g/mol. The summed E-state index contributed by atoms with van der Waals surface area (Å²) in [6.07, 6.45) is 4.15. The van der Waals surface area contributed by atoms with E-state index in [2.05, 4.69) is 79.2 Å². The number of hydrogen-bond acceptors (Lipinski definition) is 2. The lowest BCUT2D eigenvalue weighted by molar-refractivity contribution is 0.155. The van der Waals surface area contributed by atoms with Crippen molar-refractivity contribution < 1.29 is 0 Å². The van der Waals surface area contributed by atoms with E-state index < -0.39 is 0 Å². The fourth-order valence-corrected chi connectivity index (χ4v) is 5.19. The van der Waals surface area contributed by atoms with Gasteiger partial charge < -0.3 is 10.2 Å². The van der Waals surface area contributed by atoms with E-state index in [1.165, 1.54) is 30.6 Å².